The van der Waals surface area contributed by atoms with Gasteiger partial charge in [0.15, 0.2) is 0 Å². The Morgan fingerprint density at radius 2 is 1.78 bits per heavy atom. The van der Waals surface area contributed by atoms with Crippen LogP contribution in [-0.2, 0) is 4.74 Å². The third-order valence-electron chi connectivity index (χ3n) is 2.74. The van der Waals surface area contributed by atoms with Gasteiger partial charge in [-0.2, -0.15) is 0 Å². The minimum atomic E-state index is 0.386. The van der Waals surface area contributed by atoms with Gasteiger partial charge in [0.2, 0.25) is 0 Å². The molecule has 0 saturated heterocycles. The van der Waals surface area contributed by atoms with Gasteiger partial charge in [-0.25, -0.2) is 0 Å². The van der Waals surface area contributed by atoms with E-state index in [1.54, 1.807) is 0 Å². The molecule has 0 aromatic heterocycles. The molecule has 0 spiro atoms. The summed E-state index contributed by atoms with van der Waals surface area (Å²) in [4.78, 5) is 0. The van der Waals surface area contributed by atoms with E-state index >= 15 is 0 Å². The van der Waals surface area contributed by atoms with Crippen molar-refractivity contribution in [2.45, 2.75) is 33.2 Å². The molecule has 0 bridgehead atoms. The fourth-order valence-corrected chi connectivity index (χ4v) is 1.74. The molecule has 0 aliphatic carbocycles. The molecule has 0 heterocycles. The van der Waals surface area contributed by atoms with Crippen molar-refractivity contribution in [2.75, 3.05) is 26.4 Å². The predicted molar refractivity (Wildman–Crippen MR) is 75.1 cm³/mol. The summed E-state index contributed by atoms with van der Waals surface area (Å²) in [5.74, 6) is 0.905. The van der Waals surface area contributed by atoms with Crippen molar-refractivity contribution in [1.82, 2.24) is 5.32 Å². The average molecular weight is 251 g/mol. The molecule has 0 radical (unpaired) electrons. The van der Waals surface area contributed by atoms with Gasteiger partial charge < -0.3 is 14.8 Å². The highest BCUT2D eigenvalue weighted by Crippen LogP contribution is 2.17. The fraction of sp³-hybridized carbons (Fsp3) is 0.600. The maximum atomic E-state index is 5.60. The minimum absolute atomic E-state index is 0.386. The highest BCUT2D eigenvalue weighted by molar-refractivity contribution is 5.28. The lowest BCUT2D eigenvalue weighted by Gasteiger charge is -2.13. The monoisotopic (exact) mass is 251 g/mol. The highest BCUT2D eigenvalue weighted by Gasteiger charge is 2.03. The molecule has 1 aromatic rings. The zero-order valence-electron chi connectivity index (χ0n) is 11.7. The van der Waals surface area contributed by atoms with Gasteiger partial charge in [-0.05, 0) is 37.6 Å². The van der Waals surface area contributed by atoms with Gasteiger partial charge >= 0.3 is 0 Å². The Balaban J connectivity index is 2.31. The van der Waals surface area contributed by atoms with Gasteiger partial charge in [0.1, 0.15) is 12.4 Å². The number of hydrogen-bond acceptors (Lipinski definition) is 3. The van der Waals surface area contributed by atoms with Crippen LogP contribution in [0.5, 0.6) is 5.75 Å². The van der Waals surface area contributed by atoms with Crippen LogP contribution in [0.25, 0.3) is 0 Å². The molecule has 1 aromatic carbocycles. The number of rotatable bonds is 9. The van der Waals surface area contributed by atoms with Crippen LogP contribution in [0, 0.1) is 0 Å². The molecule has 0 aliphatic heterocycles. The molecule has 1 N–H and O–H groups in total. The van der Waals surface area contributed by atoms with Crippen molar-refractivity contribution in [3.05, 3.63) is 29.8 Å². The third-order valence-corrected chi connectivity index (χ3v) is 2.74. The van der Waals surface area contributed by atoms with E-state index in [0.29, 0.717) is 19.3 Å². The first-order valence-electron chi connectivity index (χ1n) is 6.81. The maximum absolute atomic E-state index is 5.60. The first-order chi connectivity index (χ1) is 8.77. The molecule has 0 aliphatic rings. The summed E-state index contributed by atoms with van der Waals surface area (Å²) < 4.78 is 11.0. The molecule has 1 unspecified atom stereocenters. The van der Waals surface area contributed by atoms with Crippen LogP contribution in [0.4, 0.5) is 0 Å². The van der Waals surface area contributed by atoms with Gasteiger partial charge in [0, 0.05) is 12.6 Å². The predicted octanol–water partition coefficient (Wildman–Crippen LogP) is 3.16. The van der Waals surface area contributed by atoms with E-state index in [-0.39, 0.29) is 0 Å². The lowest BCUT2D eigenvalue weighted by Crippen LogP contribution is -2.17. The molecular formula is C15H25NO2. The van der Waals surface area contributed by atoms with Crippen LogP contribution in [-0.4, -0.2) is 26.4 Å². The van der Waals surface area contributed by atoms with Crippen molar-refractivity contribution in [2.24, 2.45) is 0 Å². The van der Waals surface area contributed by atoms with Crippen LogP contribution in [0.15, 0.2) is 24.3 Å². The minimum Gasteiger partial charge on any atom is -0.491 e. The van der Waals surface area contributed by atoms with Crippen molar-refractivity contribution in [3.8, 4) is 5.75 Å². The van der Waals surface area contributed by atoms with E-state index in [4.69, 9.17) is 9.47 Å². The molecule has 0 saturated carbocycles. The quantitative estimate of drug-likeness (QED) is 0.684. The molecule has 18 heavy (non-hydrogen) atoms. The van der Waals surface area contributed by atoms with Crippen LogP contribution in [0.2, 0.25) is 0 Å². The smallest absolute Gasteiger partial charge is 0.119 e. The summed E-state index contributed by atoms with van der Waals surface area (Å²) in [5.41, 5.74) is 1.28. The highest BCUT2D eigenvalue weighted by atomic mass is 16.5. The first kappa shape index (κ1) is 15.0. The topological polar surface area (TPSA) is 30.5 Å². The van der Waals surface area contributed by atoms with E-state index in [2.05, 4.69) is 38.2 Å². The van der Waals surface area contributed by atoms with Crippen molar-refractivity contribution in [3.63, 3.8) is 0 Å². The van der Waals surface area contributed by atoms with Crippen LogP contribution < -0.4 is 10.1 Å². The van der Waals surface area contributed by atoms with Gasteiger partial charge in [-0.15, -0.1) is 0 Å². The van der Waals surface area contributed by atoms with Gasteiger partial charge in [-0.1, -0.05) is 26.0 Å². The number of nitrogens with one attached hydrogen (secondary N) is 1. The Morgan fingerprint density at radius 3 is 2.39 bits per heavy atom. The van der Waals surface area contributed by atoms with E-state index in [1.165, 1.54) is 5.56 Å². The molecule has 3 nitrogen and oxygen atoms in total. The molecule has 102 valence electrons. The zero-order chi connectivity index (χ0) is 13.2. The number of ether oxygens (including phenoxy) is 2. The van der Waals surface area contributed by atoms with Gasteiger partial charge in [0.25, 0.3) is 0 Å². The summed E-state index contributed by atoms with van der Waals surface area (Å²) in [6.45, 7) is 9.44. The van der Waals surface area contributed by atoms with Crippen LogP contribution >= 0.6 is 0 Å². The Morgan fingerprint density at radius 1 is 1.06 bits per heavy atom. The molecular weight excluding hydrogens is 226 g/mol. The maximum Gasteiger partial charge on any atom is 0.119 e. The molecule has 0 amide bonds. The van der Waals surface area contributed by atoms with E-state index in [0.717, 1.165) is 25.3 Å². The second-order valence-corrected chi connectivity index (χ2v) is 4.31. The van der Waals surface area contributed by atoms with Crippen LogP contribution in [0.1, 0.15) is 38.8 Å². The van der Waals surface area contributed by atoms with E-state index < -0.39 is 0 Å². The summed E-state index contributed by atoms with van der Waals surface area (Å²) in [6, 6.07) is 8.63. The normalized spacial score (nSPS) is 12.4. The molecule has 1 rings (SSSR count). The molecule has 3 heteroatoms. The first-order valence-corrected chi connectivity index (χ1v) is 6.81. The Labute approximate surface area is 110 Å². The average Bonchev–Trinajstić information content (AvgIpc) is 2.39. The summed E-state index contributed by atoms with van der Waals surface area (Å²) in [6.07, 6.45) is 1.05. The van der Waals surface area contributed by atoms with Crippen LogP contribution in [0.3, 0.4) is 0 Å². The van der Waals surface area contributed by atoms with Crippen molar-refractivity contribution >= 4 is 0 Å². The molecule has 0 fully saturated rings. The third kappa shape index (κ3) is 5.52. The fourth-order valence-electron chi connectivity index (χ4n) is 1.74. The Hall–Kier alpha value is -1.06. The second-order valence-electron chi connectivity index (χ2n) is 4.31. The molecule has 1 atom stereocenters. The largest absolute Gasteiger partial charge is 0.491 e. The summed E-state index contributed by atoms with van der Waals surface area (Å²) >= 11 is 0. The Bertz CT molecular complexity index is 311. The summed E-state index contributed by atoms with van der Waals surface area (Å²) in [5, 5.41) is 3.39. The Kier molecular flexibility index (Phi) is 7.46. The summed E-state index contributed by atoms with van der Waals surface area (Å²) in [7, 11) is 0. The standard InChI is InChI=1S/C15H25NO2/c1-4-10-17-11-12-18-15-8-6-14(7-9-15)13(3)16-5-2/h6-9,13,16H,4-5,10-12H2,1-3H3. The van der Waals surface area contributed by atoms with Gasteiger partial charge in [-0.3, -0.25) is 0 Å². The SMILES string of the molecule is CCCOCCOc1ccc(C(C)NCC)cc1. The number of benzene rings is 1. The van der Waals surface area contributed by atoms with E-state index in [1.807, 2.05) is 12.1 Å². The lowest BCUT2D eigenvalue weighted by atomic mass is 10.1. The van der Waals surface area contributed by atoms with Crippen molar-refractivity contribution < 1.29 is 9.47 Å². The lowest BCUT2D eigenvalue weighted by molar-refractivity contribution is 0.101. The van der Waals surface area contributed by atoms with Gasteiger partial charge in [0.05, 0.1) is 6.61 Å². The zero-order valence-corrected chi connectivity index (χ0v) is 11.7. The number of hydrogen-bond donors (Lipinski definition) is 1. The second kappa shape index (κ2) is 8.95. The van der Waals surface area contributed by atoms with Crippen molar-refractivity contribution in [1.29, 1.82) is 0 Å². The van der Waals surface area contributed by atoms with E-state index in [9.17, 15) is 0 Å².